The van der Waals surface area contributed by atoms with Gasteiger partial charge in [-0.05, 0) is 49.3 Å². The number of carbonyl (C=O) groups excluding carboxylic acids is 1. The van der Waals surface area contributed by atoms with Crippen molar-refractivity contribution in [2.45, 2.75) is 39.7 Å². The van der Waals surface area contributed by atoms with E-state index in [0.717, 1.165) is 29.5 Å². The first-order valence-corrected chi connectivity index (χ1v) is 9.85. The average Bonchev–Trinajstić information content (AvgIpc) is 3.53. The highest BCUT2D eigenvalue weighted by Gasteiger charge is 2.27. The van der Waals surface area contributed by atoms with Gasteiger partial charge in [0, 0.05) is 6.42 Å². The van der Waals surface area contributed by atoms with E-state index in [2.05, 4.69) is 10.3 Å². The molecule has 8 nitrogen and oxygen atoms in total. The van der Waals surface area contributed by atoms with Gasteiger partial charge in [0.05, 0.1) is 6.54 Å². The molecule has 1 heterocycles. The number of aromatic nitrogens is 2. The molecule has 0 atom stereocenters. The average molecular weight is 411 g/mol. The zero-order valence-corrected chi connectivity index (χ0v) is 17.0. The van der Waals surface area contributed by atoms with Gasteiger partial charge in [0.15, 0.2) is 5.56 Å². The molecule has 0 spiro atoms. The highest BCUT2D eigenvalue weighted by Crippen LogP contribution is 2.32. The number of amides is 1. The van der Waals surface area contributed by atoms with E-state index in [1.54, 1.807) is 0 Å². The molecule has 0 saturated heterocycles. The lowest BCUT2D eigenvalue weighted by atomic mass is 10.1. The van der Waals surface area contributed by atoms with E-state index in [9.17, 15) is 19.5 Å². The third-order valence-electron chi connectivity index (χ3n) is 5.21. The Hall–Kier alpha value is -3.42. The summed E-state index contributed by atoms with van der Waals surface area (Å²) in [5, 5.41) is 21.1. The molecular weight excluding hydrogens is 386 g/mol. The fourth-order valence-corrected chi connectivity index (χ4v) is 3.15. The van der Waals surface area contributed by atoms with Crippen LogP contribution in [0.2, 0.25) is 0 Å². The minimum absolute atomic E-state index is 0.197. The van der Waals surface area contributed by atoms with Crippen LogP contribution in [0.1, 0.15) is 54.0 Å². The second-order valence-corrected chi connectivity index (χ2v) is 7.51. The van der Waals surface area contributed by atoms with E-state index in [1.807, 2.05) is 44.2 Å². The van der Waals surface area contributed by atoms with Crippen molar-refractivity contribution in [2.24, 2.45) is 5.92 Å². The second-order valence-electron chi connectivity index (χ2n) is 7.51. The highest BCUT2D eigenvalue weighted by molar-refractivity contribution is 5.97. The van der Waals surface area contributed by atoms with Crippen LogP contribution >= 0.6 is 0 Å². The van der Waals surface area contributed by atoms with Crippen molar-refractivity contribution in [1.29, 1.82) is 0 Å². The van der Waals surface area contributed by atoms with Crippen LogP contribution in [0.25, 0.3) is 5.57 Å². The van der Waals surface area contributed by atoms with Crippen LogP contribution in [0.3, 0.4) is 0 Å². The molecule has 1 saturated carbocycles. The summed E-state index contributed by atoms with van der Waals surface area (Å²) < 4.78 is 1.39. The first kappa shape index (κ1) is 21.3. The lowest BCUT2D eigenvalue weighted by molar-refractivity contribution is -0.135. The number of aromatic hydroxyl groups is 1. The van der Waals surface area contributed by atoms with Crippen LogP contribution in [0.5, 0.6) is 5.88 Å². The van der Waals surface area contributed by atoms with Crippen molar-refractivity contribution in [2.75, 3.05) is 6.54 Å². The standard InChI is InChI=1S/C22H25N3O5/c1-3-13(2)16-8-6-15(7-9-16)12-25-17(10-14-4-5-14)24-21(29)19(22(25)30)20(28)23-11-18(26)27/h3,6-9,14,29H,4-5,10-12H2,1-2H3,(H,23,28)(H,26,27)/b13-3+. The summed E-state index contributed by atoms with van der Waals surface area (Å²) in [7, 11) is 0. The van der Waals surface area contributed by atoms with Gasteiger partial charge in [0.2, 0.25) is 5.88 Å². The molecule has 3 rings (SSSR count). The van der Waals surface area contributed by atoms with E-state index in [0.29, 0.717) is 18.2 Å². The van der Waals surface area contributed by atoms with Crippen molar-refractivity contribution >= 4 is 17.4 Å². The predicted octanol–water partition coefficient (Wildman–Crippen LogP) is 2.19. The van der Waals surface area contributed by atoms with Crippen molar-refractivity contribution in [3.05, 3.63) is 63.2 Å². The Morgan fingerprint density at radius 2 is 1.93 bits per heavy atom. The molecule has 0 bridgehead atoms. The molecule has 158 valence electrons. The monoisotopic (exact) mass is 411 g/mol. The third kappa shape index (κ3) is 4.94. The SMILES string of the molecule is C/C=C(\C)c1ccc(Cn2c(CC3CC3)nc(O)c(C(=O)NCC(=O)O)c2=O)cc1. The van der Waals surface area contributed by atoms with E-state index in [-0.39, 0.29) is 6.54 Å². The summed E-state index contributed by atoms with van der Waals surface area (Å²) in [6.45, 7) is 3.51. The summed E-state index contributed by atoms with van der Waals surface area (Å²) in [5.74, 6) is -2.05. The number of rotatable bonds is 8. The molecule has 8 heteroatoms. The van der Waals surface area contributed by atoms with Gasteiger partial charge in [0.25, 0.3) is 11.5 Å². The predicted molar refractivity (Wildman–Crippen MR) is 111 cm³/mol. The van der Waals surface area contributed by atoms with Crippen LogP contribution in [0, 0.1) is 5.92 Å². The van der Waals surface area contributed by atoms with Gasteiger partial charge in [-0.25, -0.2) is 0 Å². The molecule has 0 aliphatic heterocycles. The Labute approximate surface area is 173 Å². The molecule has 1 aliphatic carbocycles. The summed E-state index contributed by atoms with van der Waals surface area (Å²) in [4.78, 5) is 40.2. The number of carbonyl (C=O) groups is 2. The lowest BCUT2D eigenvalue weighted by Gasteiger charge is -2.15. The topological polar surface area (TPSA) is 122 Å². The Morgan fingerprint density at radius 3 is 2.50 bits per heavy atom. The summed E-state index contributed by atoms with van der Waals surface area (Å²) >= 11 is 0. The highest BCUT2D eigenvalue weighted by atomic mass is 16.4. The molecule has 3 N–H and O–H groups in total. The normalized spacial score (nSPS) is 13.9. The molecule has 1 aromatic carbocycles. The molecule has 30 heavy (non-hydrogen) atoms. The van der Waals surface area contributed by atoms with Crippen molar-refractivity contribution < 1.29 is 19.8 Å². The Bertz CT molecular complexity index is 1050. The number of hydrogen-bond acceptors (Lipinski definition) is 5. The minimum Gasteiger partial charge on any atom is -0.493 e. The van der Waals surface area contributed by atoms with E-state index >= 15 is 0 Å². The van der Waals surface area contributed by atoms with Gasteiger partial charge in [-0.2, -0.15) is 4.98 Å². The maximum absolute atomic E-state index is 13.1. The number of benzene rings is 1. The second kappa shape index (κ2) is 8.94. The summed E-state index contributed by atoms with van der Waals surface area (Å²) in [6.07, 6.45) is 4.62. The van der Waals surface area contributed by atoms with Crippen LogP contribution in [-0.4, -0.2) is 38.2 Å². The smallest absolute Gasteiger partial charge is 0.322 e. The van der Waals surface area contributed by atoms with Crippen LogP contribution < -0.4 is 10.9 Å². The van der Waals surface area contributed by atoms with Crippen LogP contribution in [-0.2, 0) is 17.8 Å². The zero-order chi connectivity index (χ0) is 21.8. The maximum atomic E-state index is 13.1. The van der Waals surface area contributed by atoms with Gasteiger partial charge in [-0.3, -0.25) is 19.0 Å². The molecule has 0 radical (unpaired) electrons. The largest absolute Gasteiger partial charge is 0.493 e. The quantitative estimate of drug-likeness (QED) is 0.612. The first-order valence-electron chi connectivity index (χ1n) is 9.85. The lowest BCUT2D eigenvalue weighted by Crippen LogP contribution is -2.37. The molecule has 1 fully saturated rings. The first-order chi connectivity index (χ1) is 14.3. The Morgan fingerprint density at radius 1 is 1.27 bits per heavy atom. The maximum Gasteiger partial charge on any atom is 0.322 e. The van der Waals surface area contributed by atoms with Crippen LogP contribution in [0.4, 0.5) is 0 Å². The summed E-state index contributed by atoms with van der Waals surface area (Å²) in [6, 6.07) is 7.74. The summed E-state index contributed by atoms with van der Waals surface area (Å²) in [5.41, 5.74) is 1.83. The number of carboxylic acids is 1. The molecule has 1 amide bonds. The fourth-order valence-electron chi connectivity index (χ4n) is 3.15. The van der Waals surface area contributed by atoms with Crippen molar-refractivity contribution in [1.82, 2.24) is 14.9 Å². The van der Waals surface area contributed by atoms with Crippen LogP contribution in [0.15, 0.2) is 35.1 Å². The Kier molecular flexibility index (Phi) is 6.34. The minimum atomic E-state index is -1.25. The fraction of sp³-hybridized carbons (Fsp3) is 0.364. The number of nitrogens with one attached hydrogen (secondary N) is 1. The van der Waals surface area contributed by atoms with Gasteiger partial charge in [0.1, 0.15) is 12.4 Å². The Balaban J connectivity index is 1.97. The van der Waals surface area contributed by atoms with E-state index < -0.39 is 35.4 Å². The van der Waals surface area contributed by atoms with Gasteiger partial charge in [-0.1, -0.05) is 30.3 Å². The van der Waals surface area contributed by atoms with E-state index in [4.69, 9.17) is 5.11 Å². The zero-order valence-electron chi connectivity index (χ0n) is 17.0. The molecule has 1 aromatic heterocycles. The van der Waals surface area contributed by atoms with Gasteiger partial charge in [-0.15, -0.1) is 0 Å². The molecule has 0 unspecified atom stereocenters. The molecule has 2 aromatic rings. The van der Waals surface area contributed by atoms with Gasteiger partial charge < -0.3 is 15.5 Å². The van der Waals surface area contributed by atoms with Crippen molar-refractivity contribution in [3.8, 4) is 5.88 Å². The number of carboxylic acid groups (broad SMARTS) is 1. The van der Waals surface area contributed by atoms with Gasteiger partial charge >= 0.3 is 5.97 Å². The number of hydrogen-bond donors (Lipinski definition) is 3. The molecular formula is C22H25N3O5. The molecule has 1 aliphatic rings. The van der Waals surface area contributed by atoms with E-state index in [1.165, 1.54) is 4.57 Å². The third-order valence-corrected chi connectivity index (χ3v) is 5.21. The van der Waals surface area contributed by atoms with Crippen molar-refractivity contribution in [3.63, 3.8) is 0 Å². The number of aliphatic carboxylic acids is 1. The number of allylic oxidation sites excluding steroid dienone is 2. The number of nitrogens with zero attached hydrogens (tertiary/aromatic N) is 2.